The fraction of sp³-hybridized carbons (Fsp3) is 0.250. The molecule has 1 atom stereocenters. The number of benzene rings is 2. The average molecular weight is 359 g/mol. The van der Waals surface area contributed by atoms with E-state index in [0.29, 0.717) is 5.56 Å². The molecule has 1 nitrogen and oxygen atoms in total. The van der Waals surface area contributed by atoms with Crippen molar-refractivity contribution in [2.75, 3.05) is 0 Å². The van der Waals surface area contributed by atoms with Crippen molar-refractivity contribution in [2.24, 2.45) is 0 Å². The Morgan fingerprint density at radius 2 is 1.76 bits per heavy atom. The van der Waals surface area contributed by atoms with Crippen molar-refractivity contribution in [1.82, 2.24) is 0 Å². The molecular formula is C16H14BrF3O. The van der Waals surface area contributed by atoms with E-state index >= 15 is 0 Å². The van der Waals surface area contributed by atoms with Crippen LogP contribution in [0.1, 0.15) is 35.3 Å². The number of hydrogen-bond donors (Lipinski definition) is 1. The normalized spacial score (nSPS) is 13.2. The van der Waals surface area contributed by atoms with Crippen LogP contribution in [0.4, 0.5) is 13.2 Å². The highest BCUT2D eigenvalue weighted by Gasteiger charge is 2.33. The predicted molar refractivity (Wildman–Crippen MR) is 79.0 cm³/mol. The van der Waals surface area contributed by atoms with Gasteiger partial charge >= 0.3 is 6.18 Å². The van der Waals surface area contributed by atoms with Crippen LogP contribution in [0.3, 0.4) is 0 Å². The van der Waals surface area contributed by atoms with Crippen molar-refractivity contribution in [3.8, 4) is 0 Å². The van der Waals surface area contributed by atoms with E-state index in [1.165, 1.54) is 12.1 Å². The predicted octanol–water partition coefficient (Wildman–Crippen LogP) is 5.11. The molecule has 0 aromatic heterocycles. The molecular weight excluding hydrogens is 345 g/mol. The summed E-state index contributed by atoms with van der Waals surface area (Å²) in [5.41, 5.74) is 1.05. The molecule has 0 heterocycles. The molecule has 0 radical (unpaired) electrons. The van der Waals surface area contributed by atoms with E-state index in [0.717, 1.165) is 18.1 Å². The Balaban J connectivity index is 2.41. The minimum absolute atomic E-state index is 0.0340. The quantitative estimate of drug-likeness (QED) is 0.807. The summed E-state index contributed by atoms with van der Waals surface area (Å²) in [7, 11) is 0. The zero-order valence-corrected chi connectivity index (χ0v) is 12.9. The van der Waals surface area contributed by atoms with Gasteiger partial charge in [-0.3, -0.25) is 0 Å². The molecule has 1 N–H and O–H groups in total. The number of aliphatic hydroxyl groups excluding tert-OH is 1. The van der Waals surface area contributed by atoms with Gasteiger partial charge < -0.3 is 5.11 Å². The van der Waals surface area contributed by atoms with Crippen LogP contribution in [-0.4, -0.2) is 5.11 Å². The summed E-state index contributed by atoms with van der Waals surface area (Å²) >= 11 is 2.89. The molecule has 0 saturated heterocycles. The van der Waals surface area contributed by atoms with E-state index in [-0.39, 0.29) is 10.0 Å². The van der Waals surface area contributed by atoms with Gasteiger partial charge in [0.05, 0.1) is 5.56 Å². The molecule has 2 aromatic carbocycles. The Morgan fingerprint density at radius 1 is 1.10 bits per heavy atom. The van der Waals surface area contributed by atoms with E-state index in [2.05, 4.69) is 15.9 Å². The lowest BCUT2D eigenvalue weighted by Crippen LogP contribution is -2.08. The van der Waals surface area contributed by atoms with Gasteiger partial charge in [-0.05, 0) is 35.2 Å². The largest absolute Gasteiger partial charge is 0.417 e. The summed E-state index contributed by atoms with van der Waals surface area (Å²) in [5.74, 6) is 0. The number of aryl methyl sites for hydroxylation is 1. The zero-order chi connectivity index (χ0) is 15.6. The second kappa shape index (κ2) is 6.20. The molecule has 2 rings (SSSR count). The van der Waals surface area contributed by atoms with Crippen LogP contribution in [0.5, 0.6) is 0 Å². The van der Waals surface area contributed by atoms with Crippen LogP contribution < -0.4 is 0 Å². The molecule has 1 unspecified atom stereocenters. The first-order valence-electron chi connectivity index (χ1n) is 6.46. The van der Waals surface area contributed by atoms with Crippen molar-refractivity contribution in [3.05, 3.63) is 69.2 Å². The fourth-order valence-electron chi connectivity index (χ4n) is 2.11. The highest BCUT2D eigenvalue weighted by molar-refractivity contribution is 9.10. The fourth-order valence-corrected chi connectivity index (χ4v) is 2.58. The smallest absolute Gasteiger partial charge is 0.384 e. The molecule has 0 bridgehead atoms. The Bertz CT molecular complexity index is 638. The first kappa shape index (κ1) is 16.0. The summed E-state index contributed by atoms with van der Waals surface area (Å²) in [6.07, 6.45) is -4.74. The minimum atomic E-state index is -4.46. The van der Waals surface area contributed by atoms with Crippen LogP contribution in [0.15, 0.2) is 46.9 Å². The molecule has 0 fully saturated rings. The summed E-state index contributed by atoms with van der Waals surface area (Å²) < 4.78 is 38.7. The van der Waals surface area contributed by atoms with Crippen molar-refractivity contribution in [2.45, 2.75) is 25.6 Å². The zero-order valence-electron chi connectivity index (χ0n) is 11.3. The minimum Gasteiger partial charge on any atom is -0.384 e. The van der Waals surface area contributed by atoms with Crippen molar-refractivity contribution >= 4 is 15.9 Å². The van der Waals surface area contributed by atoms with Crippen molar-refractivity contribution in [1.29, 1.82) is 0 Å². The van der Waals surface area contributed by atoms with E-state index in [1.807, 2.05) is 13.0 Å². The number of hydrogen-bond acceptors (Lipinski definition) is 1. The van der Waals surface area contributed by atoms with Gasteiger partial charge in [0, 0.05) is 4.47 Å². The number of alkyl halides is 3. The average Bonchev–Trinajstić information content (AvgIpc) is 2.46. The molecule has 2 aromatic rings. The van der Waals surface area contributed by atoms with Crippen molar-refractivity contribution in [3.63, 3.8) is 0 Å². The highest BCUT2D eigenvalue weighted by atomic mass is 79.9. The summed E-state index contributed by atoms with van der Waals surface area (Å²) in [6.45, 7) is 1.98. The van der Waals surface area contributed by atoms with Crippen LogP contribution in [0.25, 0.3) is 0 Å². The Kier molecular flexibility index (Phi) is 4.74. The first-order chi connectivity index (χ1) is 9.82. The summed E-state index contributed by atoms with van der Waals surface area (Å²) in [5, 5.41) is 10.3. The second-order valence-corrected chi connectivity index (χ2v) is 5.59. The molecule has 5 heteroatoms. The van der Waals surface area contributed by atoms with E-state index in [4.69, 9.17) is 0 Å². The molecule has 112 valence electrons. The van der Waals surface area contributed by atoms with Gasteiger partial charge in [0.1, 0.15) is 6.10 Å². The highest BCUT2D eigenvalue weighted by Crippen LogP contribution is 2.37. The summed E-state index contributed by atoms with van der Waals surface area (Å²) in [6, 6.07) is 11.0. The Hall–Kier alpha value is -1.33. The number of rotatable bonds is 3. The third-order valence-electron chi connectivity index (χ3n) is 3.29. The number of aliphatic hydroxyl groups is 1. The van der Waals surface area contributed by atoms with Gasteiger partial charge in [-0.2, -0.15) is 13.2 Å². The molecule has 0 aliphatic carbocycles. The van der Waals surface area contributed by atoms with E-state index in [9.17, 15) is 18.3 Å². The van der Waals surface area contributed by atoms with E-state index in [1.54, 1.807) is 18.2 Å². The van der Waals surface area contributed by atoms with Gasteiger partial charge in [-0.1, -0.05) is 53.2 Å². The molecule has 21 heavy (non-hydrogen) atoms. The van der Waals surface area contributed by atoms with Gasteiger partial charge in [0.15, 0.2) is 0 Å². The molecule has 0 saturated carbocycles. The van der Waals surface area contributed by atoms with E-state index < -0.39 is 17.8 Å². The lowest BCUT2D eigenvalue weighted by Gasteiger charge is -2.16. The van der Waals surface area contributed by atoms with Crippen LogP contribution in [0.2, 0.25) is 0 Å². The van der Waals surface area contributed by atoms with Crippen molar-refractivity contribution < 1.29 is 18.3 Å². The van der Waals surface area contributed by atoms with Crippen LogP contribution in [-0.2, 0) is 12.6 Å². The van der Waals surface area contributed by atoms with Gasteiger partial charge in [0.2, 0.25) is 0 Å². The standard InChI is InChI=1S/C16H14BrF3O/c1-2-10-4-3-5-11(8-10)15(21)12-6-7-14(17)13(9-12)16(18,19)20/h3-9,15,21H,2H2,1H3. The maximum absolute atomic E-state index is 12.9. The SMILES string of the molecule is CCc1cccc(C(O)c2ccc(Br)c(C(F)(F)F)c2)c1. The van der Waals surface area contributed by atoms with Gasteiger partial charge in [-0.15, -0.1) is 0 Å². The first-order valence-corrected chi connectivity index (χ1v) is 7.25. The van der Waals surface area contributed by atoms with Crippen LogP contribution >= 0.6 is 15.9 Å². The second-order valence-electron chi connectivity index (χ2n) is 4.74. The third-order valence-corrected chi connectivity index (χ3v) is 3.98. The lowest BCUT2D eigenvalue weighted by atomic mass is 9.97. The molecule has 0 amide bonds. The van der Waals surface area contributed by atoms with Crippen LogP contribution in [0, 0.1) is 0 Å². The third kappa shape index (κ3) is 3.66. The Labute approximate surface area is 129 Å². The Morgan fingerprint density at radius 3 is 2.38 bits per heavy atom. The van der Waals surface area contributed by atoms with Gasteiger partial charge in [0.25, 0.3) is 0 Å². The number of halogens is 4. The monoisotopic (exact) mass is 358 g/mol. The molecule has 0 spiro atoms. The maximum atomic E-state index is 12.9. The maximum Gasteiger partial charge on any atom is 0.417 e. The molecule has 0 aliphatic heterocycles. The topological polar surface area (TPSA) is 20.2 Å². The molecule has 0 aliphatic rings. The lowest BCUT2D eigenvalue weighted by molar-refractivity contribution is -0.138. The summed E-state index contributed by atoms with van der Waals surface area (Å²) in [4.78, 5) is 0. The van der Waals surface area contributed by atoms with Gasteiger partial charge in [-0.25, -0.2) is 0 Å².